The Kier molecular flexibility index (Phi) is 4.40. The average Bonchev–Trinajstić information content (AvgIpc) is 2.26. The van der Waals surface area contributed by atoms with Gasteiger partial charge in [-0.25, -0.2) is 4.39 Å². The lowest BCUT2D eigenvalue weighted by Gasteiger charge is -2.25. The summed E-state index contributed by atoms with van der Waals surface area (Å²) in [5, 5.41) is 11.8. The van der Waals surface area contributed by atoms with Crippen molar-refractivity contribution in [2.75, 3.05) is 0 Å². The minimum absolute atomic E-state index is 0.0157. The zero-order valence-electron chi connectivity index (χ0n) is 10.5. The van der Waals surface area contributed by atoms with E-state index in [9.17, 15) is 9.18 Å². The summed E-state index contributed by atoms with van der Waals surface area (Å²) in [4.78, 5) is 10.9. The quantitative estimate of drug-likeness (QED) is 0.828. The average molecular weight is 249 g/mol. The van der Waals surface area contributed by atoms with Crippen molar-refractivity contribution in [2.45, 2.75) is 32.4 Å². The van der Waals surface area contributed by atoms with Crippen LogP contribution < -0.4 is 11.1 Å². The Hall–Kier alpha value is -1.93. The Morgan fingerprint density at radius 3 is 2.78 bits per heavy atom. The van der Waals surface area contributed by atoms with Crippen LogP contribution in [-0.2, 0) is 11.3 Å². The van der Waals surface area contributed by atoms with E-state index >= 15 is 0 Å². The number of hydrogen-bond acceptors (Lipinski definition) is 3. The number of rotatable bonds is 5. The van der Waals surface area contributed by atoms with Crippen LogP contribution in [0.15, 0.2) is 18.2 Å². The first-order valence-electron chi connectivity index (χ1n) is 5.56. The first-order chi connectivity index (χ1) is 8.35. The molecule has 5 heteroatoms. The normalized spacial score (nSPS) is 11.0. The molecule has 0 aromatic heterocycles. The van der Waals surface area contributed by atoms with Crippen molar-refractivity contribution in [1.29, 1.82) is 5.26 Å². The lowest BCUT2D eigenvalue weighted by Crippen LogP contribution is -2.42. The van der Waals surface area contributed by atoms with Gasteiger partial charge in [0.15, 0.2) is 0 Å². The first-order valence-corrected chi connectivity index (χ1v) is 5.56. The van der Waals surface area contributed by atoms with Crippen LogP contribution in [0.4, 0.5) is 4.39 Å². The van der Waals surface area contributed by atoms with E-state index in [1.54, 1.807) is 18.2 Å². The summed E-state index contributed by atoms with van der Waals surface area (Å²) in [7, 11) is 0. The van der Waals surface area contributed by atoms with Gasteiger partial charge < -0.3 is 11.1 Å². The van der Waals surface area contributed by atoms with Gasteiger partial charge in [0.2, 0.25) is 5.91 Å². The van der Waals surface area contributed by atoms with Crippen LogP contribution >= 0.6 is 0 Å². The van der Waals surface area contributed by atoms with Crippen LogP contribution in [0.25, 0.3) is 0 Å². The monoisotopic (exact) mass is 249 g/mol. The van der Waals surface area contributed by atoms with Crippen LogP contribution in [0.3, 0.4) is 0 Å². The van der Waals surface area contributed by atoms with E-state index in [0.717, 1.165) is 0 Å². The van der Waals surface area contributed by atoms with Gasteiger partial charge in [-0.15, -0.1) is 0 Å². The number of amides is 1. The van der Waals surface area contributed by atoms with Gasteiger partial charge in [-0.3, -0.25) is 4.79 Å². The number of benzene rings is 1. The maximum atomic E-state index is 13.8. The molecule has 0 atom stereocenters. The van der Waals surface area contributed by atoms with Crippen LogP contribution in [0.5, 0.6) is 0 Å². The van der Waals surface area contributed by atoms with E-state index in [1.165, 1.54) is 6.07 Å². The van der Waals surface area contributed by atoms with Gasteiger partial charge >= 0.3 is 0 Å². The molecule has 96 valence electrons. The zero-order valence-corrected chi connectivity index (χ0v) is 10.5. The number of primary amides is 1. The van der Waals surface area contributed by atoms with Gasteiger partial charge in [-0.1, -0.05) is 12.1 Å². The van der Waals surface area contributed by atoms with Crippen molar-refractivity contribution < 1.29 is 9.18 Å². The summed E-state index contributed by atoms with van der Waals surface area (Å²) in [5.41, 5.74) is 5.02. The van der Waals surface area contributed by atoms with Crippen molar-refractivity contribution >= 4 is 5.91 Å². The number of carbonyl (C=O) groups excluding carboxylic acids is 1. The molecule has 0 aliphatic carbocycles. The van der Waals surface area contributed by atoms with Crippen LogP contribution in [0, 0.1) is 17.1 Å². The zero-order chi connectivity index (χ0) is 13.8. The molecular weight excluding hydrogens is 233 g/mol. The van der Waals surface area contributed by atoms with Crippen molar-refractivity contribution in [3.63, 3.8) is 0 Å². The van der Waals surface area contributed by atoms with Crippen molar-refractivity contribution in [1.82, 2.24) is 5.32 Å². The number of nitrogens with two attached hydrogens (primary N) is 1. The second-order valence-electron chi connectivity index (χ2n) is 4.77. The van der Waals surface area contributed by atoms with Gasteiger partial charge in [0.25, 0.3) is 0 Å². The molecule has 0 aliphatic rings. The molecule has 0 saturated carbocycles. The second kappa shape index (κ2) is 5.61. The number of nitriles is 1. The fourth-order valence-electron chi connectivity index (χ4n) is 1.64. The molecule has 0 fully saturated rings. The molecule has 0 spiro atoms. The van der Waals surface area contributed by atoms with Crippen LogP contribution in [-0.4, -0.2) is 11.4 Å². The van der Waals surface area contributed by atoms with Gasteiger partial charge in [-0.05, 0) is 19.9 Å². The minimum atomic E-state index is -0.526. The number of halogens is 1. The summed E-state index contributed by atoms with van der Waals surface area (Å²) >= 11 is 0. The van der Waals surface area contributed by atoms with Crippen molar-refractivity contribution in [3.8, 4) is 6.07 Å². The number of hydrogen-bond donors (Lipinski definition) is 2. The highest BCUT2D eigenvalue weighted by Gasteiger charge is 2.20. The van der Waals surface area contributed by atoms with Gasteiger partial charge in [0, 0.05) is 24.1 Å². The van der Waals surface area contributed by atoms with Crippen molar-refractivity contribution in [2.24, 2.45) is 5.73 Å². The summed E-state index contributed by atoms with van der Waals surface area (Å²) in [6, 6.07) is 6.44. The molecule has 1 rings (SSSR count). The molecular formula is C13H16FN3O. The lowest BCUT2D eigenvalue weighted by molar-refractivity contribution is -0.119. The Morgan fingerprint density at radius 2 is 2.22 bits per heavy atom. The predicted molar refractivity (Wildman–Crippen MR) is 65.8 cm³/mol. The fraction of sp³-hybridized carbons (Fsp3) is 0.385. The van der Waals surface area contributed by atoms with E-state index in [-0.39, 0.29) is 18.5 Å². The number of nitrogens with zero attached hydrogens (tertiary/aromatic N) is 1. The second-order valence-corrected chi connectivity index (χ2v) is 4.77. The van der Waals surface area contributed by atoms with Crippen LogP contribution in [0.1, 0.15) is 31.4 Å². The molecule has 0 saturated heterocycles. The lowest BCUT2D eigenvalue weighted by atomic mass is 9.99. The summed E-state index contributed by atoms with van der Waals surface area (Å²) in [6.07, 6.45) is 0.159. The molecule has 1 aromatic carbocycles. The molecule has 0 unspecified atom stereocenters. The van der Waals surface area contributed by atoms with E-state index < -0.39 is 17.3 Å². The van der Waals surface area contributed by atoms with Gasteiger partial charge in [0.1, 0.15) is 11.9 Å². The predicted octanol–water partition coefficient (Wildman–Crippen LogP) is 1.44. The summed E-state index contributed by atoms with van der Waals surface area (Å²) in [5.74, 6) is -0.943. The van der Waals surface area contributed by atoms with Gasteiger partial charge in [-0.2, -0.15) is 5.26 Å². The highest BCUT2D eigenvalue weighted by atomic mass is 19.1. The summed E-state index contributed by atoms with van der Waals surface area (Å²) < 4.78 is 13.8. The van der Waals surface area contributed by atoms with E-state index in [0.29, 0.717) is 5.56 Å². The number of carbonyl (C=O) groups is 1. The molecule has 0 aliphatic heterocycles. The standard InChI is InChI=1S/C13H16FN3O/c1-13(2,6-11(16)18)17-8-10-5-3-4-9(7-15)12(10)14/h3-5,17H,6,8H2,1-2H3,(H2,16,18). The maximum absolute atomic E-state index is 13.8. The smallest absolute Gasteiger partial charge is 0.219 e. The Morgan fingerprint density at radius 1 is 1.56 bits per heavy atom. The molecule has 1 aromatic rings. The molecule has 3 N–H and O–H groups in total. The van der Waals surface area contributed by atoms with E-state index in [1.807, 2.05) is 13.8 Å². The highest BCUT2D eigenvalue weighted by molar-refractivity contribution is 5.75. The Labute approximate surface area is 106 Å². The highest BCUT2D eigenvalue weighted by Crippen LogP contribution is 2.14. The van der Waals surface area contributed by atoms with Gasteiger partial charge in [0.05, 0.1) is 5.56 Å². The van der Waals surface area contributed by atoms with Crippen molar-refractivity contribution in [3.05, 3.63) is 35.1 Å². The van der Waals surface area contributed by atoms with Crippen LogP contribution in [0.2, 0.25) is 0 Å². The SMILES string of the molecule is CC(C)(CC(N)=O)NCc1cccc(C#N)c1F. The first kappa shape index (κ1) is 14.1. The minimum Gasteiger partial charge on any atom is -0.370 e. The molecule has 0 heterocycles. The summed E-state index contributed by atoms with van der Waals surface area (Å²) in [6.45, 7) is 3.86. The fourth-order valence-corrected chi connectivity index (χ4v) is 1.64. The third-order valence-electron chi connectivity index (χ3n) is 2.57. The molecule has 1 amide bonds. The Bertz CT molecular complexity index is 491. The third kappa shape index (κ3) is 3.82. The molecule has 0 bridgehead atoms. The Balaban J connectivity index is 2.75. The molecule has 18 heavy (non-hydrogen) atoms. The largest absolute Gasteiger partial charge is 0.370 e. The van der Waals surface area contributed by atoms with E-state index in [4.69, 9.17) is 11.0 Å². The van der Waals surface area contributed by atoms with E-state index in [2.05, 4.69) is 5.32 Å². The topological polar surface area (TPSA) is 78.9 Å². The number of nitrogens with one attached hydrogen (secondary N) is 1. The maximum Gasteiger partial charge on any atom is 0.219 e. The molecule has 0 radical (unpaired) electrons. The third-order valence-corrected chi connectivity index (χ3v) is 2.57. The molecule has 4 nitrogen and oxygen atoms in total.